The Morgan fingerprint density at radius 1 is 1.21 bits per heavy atom. The number of hydrogen-bond donors (Lipinski definition) is 1. The van der Waals surface area contributed by atoms with Gasteiger partial charge in [-0.25, -0.2) is 8.42 Å². The average Bonchev–Trinajstić information content (AvgIpc) is 3.26. The fraction of sp³-hybridized carbons (Fsp3) is 0.421. The number of halogens is 6. The summed E-state index contributed by atoms with van der Waals surface area (Å²) in [5.74, 6) is -1.55. The van der Waals surface area contributed by atoms with Gasteiger partial charge in [-0.3, -0.25) is 9.48 Å². The summed E-state index contributed by atoms with van der Waals surface area (Å²) < 4.78 is 104. The van der Waals surface area contributed by atoms with E-state index in [0.717, 1.165) is 13.3 Å². The molecule has 8 nitrogen and oxygen atoms in total. The van der Waals surface area contributed by atoms with Crippen LogP contribution in [0.15, 0.2) is 29.4 Å². The summed E-state index contributed by atoms with van der Waals surface area (Å²) in [7, 11) is -2.63. The monoisotopic (exact) mass is 512 g/mol. The number of hydrogen-bond acceptors (Lipinski definition) is 6. The van der Waals surface area contributed by atoms with E-state index < -0.39 is 57.3 Å². The number of anilines is 1. The van der Waals surface area contributed by atoms with Gasteiger partial charge in [0.25, 0.3) is 5.60 Å². The SMILES string of the molecule is Cc1cc(C2=NOC(c3cc(C(F)(F)F)nn3C)(C(F)(F)F)C2)ccc1NC(=O)CS(C)(=O)=O. The zero-order valence-electron chi connectivity index (χ0n) is 17.9. The van der Waals surface area contributed by atoms with Crippen LogP contribution in [0.3, 0.4) is 0 Å². The van der Waals surface area contributed by atoms with Gasteiger partial charge in [0.15, 0.2) is 15.5 Å². The van der Waals surface area contributed by atoms with Gasteiger partial charge < -0.3 is 10.2 Å². The molecule has 186 valence electrons. The lowest BCUT2D eigenvalue weighted by Crippen LogP contribution is -2.44. The highest BCUT2D eigenvalue weighted by Crippen LogP contribution is 2.49. The first-order valence-electron chi connectivity index (χ1n) is 9.45. The molecule has 1 aromatic carbocycles. The van der Waals surface area contributed by atoms with Gasteiger partial charge in [0, 0.05) is 19.0 Å². The molecule has 2 aromatic rings. The topological polar surface area (TPSA) is 103 Å². The number of carbonyl (C=O) groups excluding carboxylic acids is 1. The van der Waals surface area contributed by atoms with Gasteiger partial charge in [-0.15, -0.1) is 0 Å². The predicted molar refractivity (Wildman–Crippen MR) is 108 cm³/mol. The highest BCUT2D eigenvalue weighted by Gasteiger charge is 2.64. The van der Waals surface area contributed by atoms with E-state index in [0.29, 0.717) is 10.2 Å². The van der Waals surface area contributed by atoms with Gasteiger partial charge in [0.1, 0.15) is 5.75 Å². The summed E-state index contributed by atoms with van der Waals surface area (Å²) in [4.78, 5) is 16.6. The van der Waals surface area contributed by atoms with Crippen molar-refractivity contribution in [1.82, 2.24) is 9.78 Å². The summed E-state index contributed by atoms with van der Waals surface area (Å²) in [6.07, 6.45) is -10.1. The smallest absolute Gasteiger partial charge is 0.372 e. The van der Waals surface area contributed by atoms with Crippen molar-refractivity contribution in [1.29, 1.82) is 0 Å². The van der Waals surface area contributed by atoms with Crippen LogP contribution in [0.5, 0.6) is 0 Å². The molecule has 3 rings (SSSR count). The van der Waals surface area contributed by atoms with Crippen LogP contribution in [0.4, 0.5) is 32.0 Å². The number of alkyl halides is 6. The van der Waals surface area contributed by atoms with Crippen LogP contribution in [0.2, 0.25) is 0 Å². The lowest BCUT2D eigenvalue weighted by atomic mass is 9.89. The maximum atomic E-state index is 14.1. The molecule has 0 aliphatic carbocycles. The Bertz CT molecular complexity index is 1270. The van der Waals surface area contributed by atoms with Gasteiger partial charge in [-0.2, -0.15) is 31.4 Å². The second-order valence-electron chi connectivity index (χ2n) is 7.81. The molecule has 2 heterocycles. The normalized spacial score (nSPS) is 19.0. The zero-order valence-corrected chi connectivity index (χ0v) is 18.7. The third kappa shape index (κ3) is 5.03. The summed E-state index contributed by atoms with van der Waals surface area (Å²) in [6, 6.07) is 4.32. The molecule has 1 unspecified atom stereocenters. The minimum absolute atomic E-state index is 0.169. The Morgan fingerprint density at radius 2 is 1.85 bits per heavy atom. The predicted octanol–water partition coefficient (Wildman–Crippen LogP) is 3.31. The van der Waals surface area contributed by atoms with E-state index in [1.807, 2.05) is 0 Å². The van der Waals surface area contributed by atoms with Crippen molar-refractivity contribution in [3.05, 3.63) is 46.8 Å². The van der Waals surface area contributed by atoms with Crippen molar-refractivity contribution >= 4 is 27.1 Å². The molecule has 1 atom stereocenters. The number of nitrogens with zero attached hydrogens (tertiary/aromatic N) is 3. The van der Waals surface area contributed by atoms with Crippen LogP contribution in [0, 0.1) is 6.92 Å². The number of carbonyl (C=O) groups is 1. The highest BCUT2D eigenvalue weighted by atomic mass is 32.2. The van der Waals surface area contributed by atoms with Gasteiger partial charge in [0.05, 0.1) is 17.8 Å². The number of rotatable bonds is 5. The number of sulfone groups is 1. The number of nitrogens with one attached hydrogen (secondary N) is 1. The Labute approximate surface area is 189 Å². The minimum Gasteiger partial charge on any atom is -0.372 e. The Kier molecular flexibility index (Phi) is 6.22. The van der Waals surface area contributed by atoms with Crippen LogP contribution in [-0.4, -0.2) is 48.0 Å². The van der Waals surface area contributed by atoms with Crippen LogP contribution >= 0.6 is 0 Å². The average molecular weight is 512 g/mol. The first kappa shape index (κ1) is 25.5. The summed E-state index contributed by atoms with van der Waals surface area (Å²) in [5, 5.41) is 9.03. The van der Waals surface area contributed by atoms with Crippen molar-refractivity contribution in [2.75, 3.05) is 17.3 Å². The highest BCUT2D eigenvalue weighted by molar-refractivity contribution is 7.91. The second-order valence-corrected chi connectivity index (χ2v) is 9.96. The molecular formula is C19H18F6N4O4S. The number of aryl methyl sites for hydroxylation is 2. The molecule has 0 saturated heterocycles. The van der Waals surface area contributed by atoms with E-state index in [-0.39, 0.29) is 23.0 Å². The molecule has 0 radical (unpaired) electrons. The van der Waals surface area contributed by atoms with E-state index in [1.165, 1.54) is 25.1 Å². The van der Waals surface area contributed by atoms with E-state index in [2.05, 4.69) is 15.6 Å². The molecule has 1 N–H and O–H groups in total. The molecule has 15 heteroatoms. The molecule has 0 spiro atoms. The Morgan fingerprint density at radius 3 is 2.35 bits per heavy atom. The number of aromatic nitrogens is 2. The minimum atomic E-state index is -5.14. The van der Waals surface area contributed by atoms with E-state index in [1.54, 1.807) is 0 Å². The first-order valence-corrected chi connectivity index (χ1v) is 11.5. The van der Waals surface area contributed by atoms with Crippen molar-refractivity contribution in [2.45, 2.75) is 31.3 Å². The zero-order chi connectivity index (χ0) is 25.7. The van der Waals surface area contributed by atoms with Crippen molar-refractivity contribution in [3.63, 3.8) is 0 Å². The van der Waals surface area contributed by atoms with E-state index in [9.17, 15) is 39.6 Å². The molecule has 1 aromatic heterocycles. The molecule has 1 aliphatic heterocycles. The molecule has 0 saturated carbocycles. The van der Waals surface area contributed by atoms with Crippen LogP contribution in [0.1, 0.15) is 28.9 Å². The fourth-order valence-electron chi connectivity index (χ4n) is 3.41. The summed E-state index contributed by atoms with van der Waals surface area (Å²) in [6.45, 7) is 1.52. The van der Waals surface area contributed by atoms with E-state index in [4.69, 9.17) is 4.84 Å². The summed E-state index contributed by atoms with van der Waals surface area (Å²) >= 11 is 0. The fourth-order valence-corrected chi connectivity index (χ4v) is 3.96. The third-order valence-electron chi connectivity index (χ3n) is 5.00. The van der Waals surface area contributed by atoms with Gasteiger partial charge >= 0.3 is 12.4 Å². The van der Waals surface area contributed by atoms with Gasteiger partial charge in [-0.1, -0.05) is 11.2 Å². The number of amides is 1. The van der Waals surface area contributed by atoms with Crippen LogP contribution in [0.25, 0.3) is 0 Å². The lowest BCUT2D eigenvalue weighted by Gasteiger charge is -2.28. The molecule has 0 fully saturated rings. The first-order chi connectivity index (χ1) is 15.4. The maximum Gasteiger partial charge on any atom is 0.437 e. The Hall–Kier alpha value is -3.10. The van der Waals surface area contributed by atoms with Crippen molar-refractivity contribution in [2.24, 2.45) is 12.2 Å². The van der Waals surface area contributed by atoms with Gasteiger partial charge in [0.2, 0.25) is 5.91 Å². The van der Waals surface area contributed by atoms with Crippen LogP contribution in [-0.2, 0) is 38.3 Å². The molecule has 34 heavy (non-hydrogen) atoms. The molecule has 0 bridgehead atoms. The largest absolute Gasteiger partial charge is 0.437 e. The molecular weight excluding hydrogens is 494 g/mol. The number of benzene rings is 1. The Balaban J connectivity index is 1.91. The van der Waals surface area contributed by atoms with Crippen LogP contribution < -0.4 is 5.32 Å². The standard InChI is InChI=1S/C19H18F6N4O4S/c1-10-6-11(4-5-12(10)26-16(30)9-34(3,31)32)13-8-17(33-28-13,19(23,24)25)15-7-14(18(20,21)22)27-29(15)2/h4-7H,8-9H2,1-3H3,(H,26,30). The maximum absolute atomic E-state index is 14.1. The van der Waals surface area contributed by atoms with Crippen molar-refractivity contribution in [3.8, 4) is 0 Å². The lowest BCUT2D eigenvalue weighted by molar-refractivity contribution is -0.278. The quantitative estimate of drug-likeness (QED) is 0.620. The third-order valence-corrected chi connectivity index (χ3v) is 5.78. The van der Waals surface area contributed by atoms with Gasteiger partial charge in [-0.05, 0) is 36.2 Å². The van der Waals surface area contributed by atoms with E-state index >= 15 is 0 Å². The summed E-state index contributed by atoms with van der Waals surface area (Å²) in [5.41, 5.74) is -4.98. The van der Waals surface area contributed by atoms with Crippen molar-refractivity contribution < 1.29 is 44.4 Å². The molecule has 1 aliphatic rings. The second kappa shape index (κ2) is 8.29. The molecule has 1 amide bonds. The number of oxime groups is 1.